The number of nitrogens with zero attached hydrogens (tertiary/aromatic N) is 1. The summed E-state index contributed by atoms with van der Waals surface area (Å²) in [5, 5.41) is 0. The predicted molar refractivity (Wildman–Crippen MR) is 94.5 cm³/mol. The van der Waals surface area contributed by atoms with E-state index in [0.29, 0.717) is 32.2 Å². The molecule has 0 saturated carbocycles. The lowest BCUT2D eigenvalue weighted by Gasteiger charge is -2.30. The molecular formula is C18H30N2O5. The summed E-state index contributed by atoms with van der Waals surface area (Å²) in [4.78, 5) is 38.1. The van der Waals surface area contributed by atoms with Crippen LogP contribution in [0.3, 0.4) is 0 Å². The van der Waals surface area contributed by atoms with Crippen molar-refractivity contribution < 1.29 is 23.9 Å². The zero-order valence-electron chi connectivity index (χ0n) is 15.7. The maximum absolute atomic E-state index is 12.6. The molecule has 0 spiro atoms. The van der Waals surface area contributed by atoms with Crippen LogP contribution in [0.15, 0.2) is 0 Å². The van der Waals surface area contributed by atoms with Crippen LogP contribution in [0.1, 0.15) is 59.3 Å². The summed E-state index contributed by atoms with van der Waals surface area (Å²) in [7, 11) is 1.22. The summed E-state index contributed by atoms with van der Waals surface area (Å²) >= 11 is 0. The van der Waals surface area contributed by atoms with Crippen LogP contribution in [0.4, 0.5) is 4.79 Å². The number of carbonyl (C=O) groups is 3. The molecule has 25 heavy (non-hydrogen) atoms. The van der Waals surface area contributed by atoms with Crippen LogP contribution in [0.5, 0.6) is 0 Å². The molecule has 7 nitrogen and oxygen atoms in total. The van der Waals surface area contributed by atoms with Crippen LogP contribution in [0, 0.1) is 12.3 Å². The molecule has 0 radical (unpaired) electrons. The number of amides is 2. The molecule has 0 aliphatic carbocycles. The Morgan fingerprint density at radius 2 is 1.84 bits per heavy atom. The monoisotopic (exact) mass is 354 g/mol. The van der Waals surface area contributed by atoms with Gasteiger partial charge in [-0.2, -0.15) is 0 Å². The molecule has 0 aromatic rings. The third-order valence-corrected chi connectivity index (χ3v) is 3.29. The van der Waals surface area contributed by atoms with E-state index in [-0.39, 0.29) is 12.8 Å². The second kappa shape index (κ2) is 11.5. The van der Waals surface area contributed by atoms with Crippen molar-refractivity contribution in [1.29, 1.82) is 0 Å². The molecule has 0 aliphatic rings. The number of rotatable bonds is 9. The standard InChI is InChI=1S/C18H30N2O5/c1-6-7-8-12-15(21)20(17(23)25-18(2,3)4)14(16(22)24-5)11-9-10-13-19/h1,14H,7-13,19H2,2-5H3/t14-/m0/s1. The molecular weight excluding hydrogens is 324 g/mol. The summed E-state index contributed by atoms with van der Waals surface area (Å²) < 4.78 is 10.1. The molecule has 7 heteroatoms. The Balaban J connectivity index is 5.45. The highest BCUT2D eigenvalue weighted by Gasteiger charge is 2.37. The van der Waals surface area contributed by atoms with Gasteiger partial charge in [-0.25, -0.2) is 14.5 Å². The molecule has 2 N–H and O–H groups in total. The van der Waals surface area contributed by atoms with E-state index in [0.717, 1.165) is 4.90 Å². The largest absolute Gasteiger partial charge is 0.467 e. The first-order valence-corrected chi connectivity index (χ1v) is 8.44. The average Bonchev–Trinajstić information content (AvgIpc) is 2.51. The van der Waals surface area contributed by atoms with Gasteiger partial charge in [0.05, 0.1) is 7.11 Å². The quantitative estimate of drug-likeness (QED) is 0.387. The van der Waals surface area contributed by atoms with Crippen molar-refractivity contribution in [2.75, 3.05) is 13.7 Å². The molecule has 0 aromatic heterocycles. The van der Waals surface area contributed by atoms with Gasteiger partial charge in [0, 0.05) is 12.8 Å². The van der Waals surface area contributed by atoms with Gasteiger partial charge in [0.25, 0.3) is 0 Å². The van der Waals surface area contributed by atoms with E-state index < -0.39 is 29.6 Å². The second-order valence-corrected chi connectivity index (χ2v) is 6.63. The minimum Gasteiger partial charge on any atom is -0.467 e. The number of methoxy groups -OCH3 is 1. The normalized spacial score (nSPS) is 12.0. The zero-order chi connectivity index (χ0) is 19.5. The molecule has 0 unspecified atom stereocenters. The predicted octanol–water partition coefficient (Wildman–Crippen LogP) is 2.22. The lowest BCUT2D eigenvalue weighted by molar-refractivity contribution is -0.152. The first-order valence-electron chi connectivity index (χ1n) is 8.44. The Bertz CT molecular complexity index is 491. The fourth-order valence-electron chi connectivity index (χ4n) is 2.15. The van der Waals surface area contributed by atoms with E-state index in [1.807, 2.05) is 0 Å². The third kappa shape index (κ3) is 9.11. The zero-order valence-corrected chi connectivity index (χ0v) is 15.7. The number of ether oxygens (including phenoxy) is 2. The fourth-order valence-corrected chi connectivity index (χ4v) is 2.15. The summed E-state index contributed by atoms with van der Waals surface area (Å²) in [6.45, 7) is 5.52. The van der Waals surface area contributed by atoms with Crippen molar-refractivity contribution in [3.8, 4) is 12.3 Å². The number of esters is 1. The molecule has 142 valence electrons. The van der Waals surface area contributed by atoms with Crippen molar-refractivity contribution in [2.45, 2.75) is 70.9 Å². The van der Waals surface area contributed by atoms with E-state index in [4.69, 9.17) is 21.6 Å². The lowest BCUT2D eigenvalue weighted by Crippen LogP contribution is -2.50. The van der Waals surface area contributed by atoms with E-state index >= 15 is 0 Å². The molecule has 0 rings (SSSR count). The van der Waals surface area contributed by atoms with Gasteiger partial charge in [0.1, 0.15) is 11.6 Å². The van der Waals surface area contributed by atoms with Crippen LogP contribution in [0.25, 0.3) is 0 Å². The van der Waals surface area contributed by atoms with Crippen LogP contribution in [-0.4, -0.2) is 48.2 Å². The van der Waals surface area contributed by atoms with E-state index in [1.54, 1.807) is 20.8 Å². The number of unbranched alkanes of at least 4 members (excludes halogenated alkanes) is 2. The highest BCUT2D eigenvalue weighted by atomic mass is 16.6. The van der Waals surface area contributed by atoms with E-state index in [1.165, 1.54) is 7.11 Å². The summed E-state index contributed by atoms with van der Waals surface area (Å²) in [6, 6.07) is -1.04. The molecule has 0 aromatic carbocycles. The average molecular weight is 354 g/mol. The fraction of sp³-hybridized carbons (Fsp3) is 0.722. The molecule has 2 amide bonds. The van der Waals surface area contributed by atoms with Gasteiger partial charge < -0.3 is 15.2 Å². The van der Waals surface area contributed by atoms with Gasteiger partial charge in [-0.1, -0.05) is 0 Å². The van der Waals surface area contributed by atoms with E-state index in [2.05, 4.69) is 5.92 Å². The highest BCUT2D eigenvalue weighted by Crippen LogP contribution is 2.18. The van der Waals surface area contributed by atoms with Gasteiger partial charge in [-0.05, 0) is 53.0 Å². The van der Waals surface area contributed by atoms with Crippen molar-refractivity contribution in [3.05, 3.63) is 0 Å². The Morgan fingerprint density at radius 1 is 1.20 bits per heavy atom. The second-order valence-electron chi connectivity index (χ2n) is 6.63. The van der Waals surface area contributed by atoms with Crippen LogP contribution in [0.2, 0.25) is 0 Å². The summed E-state index contributed by atoms with van der Waals surface area (Å²) in [5.74, 6) is 1.28. The first kappa shape index (κ1) is 22.9. The number of hydrogen-bond acceptors (Lipinski definition) is 6. The summed E-state index contributed by atoms with van der Waals surface area (Å²) in [6.07, 6.45) is 6.72. The maximum atomic E-state index is 12.6. The Labute approximate surface area is 150 Å². The SMILES string of the molecule is C#CCCCC(=O)N(C(=O)OC(C)(C)C)[C@@H](CCCCN)C(=O)OC. The van der Waals surface area contributed by atoms with Gasteiger partial charge in [-0.15, -0.1) is 12.3 Å². The smallest absolute Gasteiger partial charge is 0.417 e. The Hall–Kier alpha value is -2.07. The maximum Gasteiger partial charge on any atom is 0.417 e. The van der Waals surface area contributed by atoms with Crippen molar-refractivity contribution in [3.63, 3.8) is 0 Å². The van der Waals surface area contributed by atoms with Crippen LogP contribution < -0.4 is 5.73 Å². The molecule has 0 aliphatic heterocycles. The Morgan fingerprint density at radius 3 is 2.32 bits per heavy atom. The van der Waals surface area contributed by atoms with Gasteiger partial charge in [0.2, 0.25) is 5.91 Å². The number of carbonyl (C=O) groups excluding carboxylic acids is 3. The van der Waals surface area contributed by atoms with Crippen LogP contribution >= 0.6 is 0 Å². The lowest BCUT2D eigenvalue weighted by atomic mass is 10.1. The molecule has 0 bridgehead atoms. The van der Waals surface area contributed by atoms with Crippen molar-refractivity contribution in [2.24, 2.45) is 5.73 Å². The minimum atomic E-state index is -1.04. The minimum absolute atomic E-state index is 0.0494. The number of nitrogens with two attached hydrogens (primary N) is 1. The Kier molecular flexibility index (Phi) is 10.5. The summed E-state index contributed by atoms with van der Waals surface area (Å²) in [5.41, 5.74) is 4.68. The van der Waals surface area contributed by atoms with Crippen molar-refractivity contribution in [1.82, 2.24) is 4.90 Å². The topological polar surface area (TPSA) is 98.9 Å². The van der Waals surface area contributed by atoms with Gasteiger partial charge in [0.15, 0.2) is 0 Å². The molecule has 0 heterocycles. The van der Waals surface area contributed by atoms with Gasteiger partial charge >= 0.3 is 12.1 Å². The van der Waals surface area contributed by atoms with Crippen LogP contribution in [-0.2, 0) is 19.1 Å². The third-order valence-electron chi connectivity index (χ3n) is 3.29. The number of imide groups is 1. The number of terminal acetylenes is 1. The number of hydrogen-bond donors (Lipinski definition) is 1. The molecule has 0 saturated heterocycles. The molecule has 1 atom stereocenters. The van der Waals surface area contributed by atoms with Crippen molar-refractivity contribution >= 4 is 18.0 Å². The highest BCUT2D eigenvalue weighted by molar-refractivity contribution is 5.97. The van der Waals surface area contributed by atoms with Gasteiger partial charge in [-0.3, -0.25) is 4.79 Å². The molecule has 0 fully saturated rings. The first-order chi connectivity index (χ1) is 11.7. The van der Waals surface area contributed by atoms with E-state index in [9.17, 15) is 14.4 Å².